The number of hydrogen-bond acceptors (Lipinski definition) is 4. The van der Waals surface area contributed by atoms with E-state index >= 15 is 0 Å². The Labute approximate surface area is 152 Å². The number of nitrogens with zero attached hydrogens (tertiary/aromatic N) is 1. The van der Waals surface area contributed by atoms with Crippen molar-refractivity contribution in [3.8, 4) is 5.75 Å². The second kappa shape index (κ2) is 8.33. The molecule has 0 atom stereocenters. The van der Waals surface area contributed by atoms with Crippen LogP contribution in [-0.4, -0.2) is 38.5 Å². The molecule has 0 radical (unpaired) electrons. The van der Waals surface area contributed by atoms with E-state index in [9.17, 15) is 13.2 Å². The molecule has 0 unspecified atom stereocenters. The van der Waals surface area contributed by atoms with Crippen molar-refractivity contribution >= 4 is 33.2 Å². The first-order valence-corrected chi connectivity index (χ1v) is 9.64. The zero-order valence-corrected chi connectivity index (χ0v) is 15.5. The lowest BCUT2D eigenvalue weighted by Crippen LogP contribution is -2.36. The number of carbonyl (C=O) groups is 1. The molecule has 2 aromatic carbocycles. The SMILES string of the molecule is COc1ccc(NC(=O)CN(Cc2ccccc2)S(C)(=O)=O)cc1Cl. The Morgan fingerprint density at radius 1 is 1.20 bits per heavy atom. The van der Waals surface area contributed by atoms with Gasteiger partial charge >= 0.3 is 0 Å². The van der Waals surface area contributed by atoms with E-state index in [1.165, 1.54) is 7.11 Å². The summed E-state index contributed by atoms with van der Waals surface area (Å²) in [5, 5.41) is 2.99. The second-order valence-corrected chi connectivity index (χ2v) is 7.80. The van der Waals surface area contributed by atoms with Crippen molar-refractivity contribution < 1.29 is 17.9 Å². The van der Waals surface area contributed by atoms with Crippen LogP contribution in [0.2, 0.25) is 5.02 Å². The molecule has 0 aliphatic heterocycles. The third kappa shape index (κ3) is 5.74. The van der Waals surface area contributed by atoms with Gasteiger partial charge in [0, 0.05) is 12.2 Å². The van der Waals surface area contributed by atoms with E-state index in [-0.39, 0.29) is 13.1 Å². The van der Waals surface area contributed by atoms with Gasteiger partial charge in [-0.1, -0.05) is 41.9 Å². The largest absolute Gasteiger partial charge is 0.495 e. The predicted octanol–water partition coefficient (Wildman–Crippen LogP) is 2.75. The lowest BCUT2D eigenvalue weighted by Gasteiger charge is -2.19. The fraction of sp³-hybridized carbons (Fsp3) is 0.235. The van der Waals surface area contributed by atoms with Gasteiger partial charge < -0.3 is 10.1 Å². The molecule has 0 fully saturated rings. The van der Waals surface area contributed by atoms with Crippen molar-refractivity contribution in [3.63, 3.8) is 0 Å². The number of rotatable bonds is 7. The Kier molecular flexibility index (Phi) is 6.41. The van der Waals surface area contributed by atoms with Crippen molar-refractivity contribution in [2.45, 2.75) is 6.54 Å². The highest BCUT2D eigenvalue weighted by molar-refractivity contribution is 7.88. The summed E-state index contributed by atoms with van der Waals surface area (Å²) in [7, 11) is -2.05. The fourth-order valence-electron chi connectivity index (χ4n) is 2.18. The van der Waals surface area contributed by atoms with Crippen LogP contribution < -0.4 is 10.1 Å². The van der Waals surface area contributed by atoms with Crippen molar-refractivity contribution in [2.75, 3.05) is 25.2 Å². The molecule has 2 rings (SSSR count). The van der Waals surface area contributed by atoms with Gasteiger partial charge in [0.15, 0.2) is 0 Å². The molecule has 2 aromatic rings. The van der Waals surface area contributed by atoms with Crippen LogP contribution in [0.25, 0.3) is 0 Å². The molecule has 0 heterocycles. The van der Waals surface area contributed by atoms with Crippen LogP contribution in [0.4, 0.5) is 5.69 Å². The Bertz CT molecular complexity index is 841. The third-order valence-electron chi connectivity index (χ3n) is 3.43. The normalized spacial score (nSPS) is 11.4. The molecular formula is C17H19ClN2O4S. The van der Waals surface area contributed by atoms with E-state index in [4.69, 9.17) is 16.3 Å². The van der Waals surface area contributed by atoms with Crippen LogP contribution in [0, 0.1) is 0 Å². The molecule has 134 valence electrons. The number of sulfonamides is 1. The van der Waals surface area contributed by atoms with Crippen molar-refractivity contribution in [1.29, 1.82) is 0 Å². The molecule has 0 aromatic heterocycles. The fourth-order valence-corrected chi connectivity index (χ4v) is 3.18. The standard InChI is InChI=1S/C17H19ClN2O4S/c1-24-16-9-8-14(10-15(16)18)19-17(21)12-20(25(2,22)23)11-13-6-4-3-5-7-13/h3-10H,11-12H2,1-2H3,(H,19,21). The molecule has 0 bridgehead atoms. The summed E-state index contributed by atoms with van der Waals surface area (Å²) in [6.07, 6.45) is 1.08. The van der Waals surface area contributed by atoms with E-state index in [1.807, 2.05) is 18.2 Å². The summed E-state index contributed by atoms with van der Waals surface area (Å²) < 4.78 is 30.1. The van der Waals surface area contributed by atoms with Gasteiger partial charge in [-0.2, -0.15) is 4.31 Å². The highest BCUT2D eigenvalue weighted by Gasteiger charge is 2.20. The molecular weight excluding hydrogens is 364 g/mol. The zero-order chi connectivity index (χ0) is 18.4. The summed E-state index contributed by atoms with van der Waals surface area (Å²) in [4.78, 5) is 12.2. The maximum atomic E-state index is 12.2. The molecule has 0 aliphatic carbocycles. The van der Waals surface area contributed by atoms with E-state index in [0.29, 0.717) is 16.5 Å². The summed E-state index contributed by atoms with van der Waals surface area (Å²) in [6, 6.07) is 13.9. The first-order valence-electron chi connectivity index (χ1n) is 7.42. The quantitative estimate of drug-likeness (QED) is 0.798. The molecule has 0 saturated heterocycles. The molecule has 25 heavy (non-hydrogen) atoms. The monoisotopic (exact) mass is 382 g/mol. The Hall–Kier alpha value is -2.09. The van der Waals surface area contributed by atoms with Crippen LogP contribution in [0.1, 0.15) is 5.56 Å². The molecule has 0 saturated carbocycles. The smallest absolute Gasteiger partial charge is 0.239 e. The average Bonchev–Trinajstić information content (AvgIpc) is 2.54. The number of halogens is 1. The van der Waals surface area contributed by atoms with Gasteiger partial charge in [-0.3, -0.25) is 4.79 Å². The minimum Gasteiger partial charge on any atom is -0.495 e. The van der Waals surface area contributed by atoms with Gasteiger partial charge in [-0.05, 0) is 23.8 Å². The van der Waals surface area contributed by atoms with Gasteiger partial charge in [0.1, 0.15) is 5.75 Å². The number of hydrogen-bond donors (Lipinski definition) is 1. The van der Waals surface area contributed by atoms with Crippen LogP contribution in [-0.2, 0) is 21.4 Å². The van der Waals surface area contributed by atoms with Crippen molar-refractivity contribution in [2.24, 2.45) is 0 Å². The highest BCUT2D eigenvalue weighted by Crippen LogP contribution is 2.27. The van der Waals surface area contributed by atoms with Crippen LogP contribution >= 0.6 is 11.6 Å². The number of nitrogens with one attached hydrogen (secondary N) is 1. The van der Waals surface area contributed by atoms with E-state index in [1.54, 1.807) is 30.3 Å². The number of amides is 1. The van der Waals surface area contributed by atoms with Gasteiger partial charge in [0.25, 0.3) is 0 Å². The van der Waals surface area contributed by atoms with E-state index in [0.717, 1.165) is 16.1 Å². The minimum atomic E-state index is -3.54. The topological polar surface area (TPSA) is 75.7 Å². The zero-order valence-electron chi connectivity index (χ0n) is 13.9. The summed E-state index contributed by atoms with van der Waals surface area (Å²) >= 11 is 6.02. The van der Waals surface area contributed by atoms with Crippen LogP contribution in [0.15, 0.2) is 48.5 Å². The first kappa shape index (κ1) is 19.2. The predicted molar refractivity (Wildman–Crippen MR) is 98.3 cm³/mol. The van der Waals surface area contributed by atoms with Gasteiger partial charge in [0.05, 0.1) is 24.9 Å². The van der Waals surface area contributed by atoms with E-state index in [2.05, 4.69) is 5.32 Å². The maximum Gasteiger partial charge on any atom is 0.239 e. The average molecular weight is 383 g/mol. The van der Waals surface area contributed by atoms with Gasteiger partial charge in [0.2, 0.25) is 15.9 Å². The number of benzene rings is 2. The highest BCUT2D eigenvalue weighted by atomic mass is 35.5. The summed E-state index contributed by atoms with van der Waals surface area (Å²) in [6.45, 7) is -0.173. The molecule has 0 spiro atoms. The molecule has 6 nitrogen and oxygen atoms in total. The number of methoxy groups -OCH3 is 1. The lowest BCUT2D eigenvalue weighted by atomic mass is 10.2. The van der Waals surface area contributed by atoms with Crippen molar-refractivity contribution in [3.05, 3.63) is 59.1 Å². The second-order valence-electron chi connectivity index (χ2n) is 5.41. The maximum absolute atomic E-state index is 12.2. The number of ether oxygens (including phenoxy) is 1. The summed E-state index contributed by atoms with van der Waals surface area (Å²) in [5.74, 6) is 0.0316. The van der Waals surface area contributed by atoms with Gasteiger partial charge in [-0.15, -0.1) is 0 Å². The molecule has 0 aliphatic rings. The van der Waals surface area contributed by atoms with Crippen LogP contribution in [0.5, 0.6) is 5.75 Å². The van der Waals surface area contributed by atoms with E-state index < -0.39 is 15.9 Å². The Morgan fingerprint density at radius 2 is 1.88 bits per heavy atom. The van der Waals surface area contributed by atoms with Crippen LogP contribution in [0.3, 0.4) is 0 Å². The lowest BCUT2D eigenvalue weighted by molar-refractivity contribution is -0.116. The first-order chi connectivity index (χ1) is 11.8. The Balaban J connectivity index is 2.08. The summed E-state index contributed by atoms with van der Waals surface area (Å²) in [5.41, 5.74) is 1.26. The third-order valence-corrected chi connectivity index (χ3v) is 4.92. The Morgan fingerprint density at radius 3 is 2.44 bits per heavy atom. The van der Waals surface area contributed by atoms with Gasteiger partial charge in [-0.25, -0.2) is 8.42 Å². The van der Waals surface area contributed by atoms with Crippen molar-refractivity contribution in [1.82, 2.24) is 4.31 Å². The number of carbonyl (C=O) groups excluding carboxylic acids is 1. The molecule has 8 heteroatoms. The molecule has 1 N–H and O–H groups in total. The minimum absolute atomic E-state index is 0.121. The number of anilines is 1. The molecule has 1 amide bonds.